The number of anilines is 2. The van der Waals surface area contributed by atoms with Gasteiger partial charge in [0.25, 0.3) is 0 Å². The van der Waals surface area contributed by atoms with Gasteiger partial charge in [0.2, 0.25) is 5.91 Å². The van der Waals surface area contributed by atoms with E-state index in [9.17, 15) is 17.6 Å². The molecule has 0 spiro atoms. The summed E-state index contributed by atoms with van der Waals surface area (Å²) < 4.78 is 36.5. The summed E-state index contributed by atoms with van der Waals surface area (Å²) in [6.45, 7) is 1.96. The third-order valence-corrected chi connectivity index (χ3v) is 6.72. The van der Waals surface area contributed by atoms with Crippen molar-refractivity contribution in [2.45, 2.75) is 17.6 Å². The Morgan fingerprint density at radius 1 is 1.31 bits per heavy atom. The molecule has 2 N–H and O–H groups in total. The second-order valence-electron chi connectivity index (χ2n) is 6.31. The average molecular weight is 442 g/mol. The Bertz CT molecular complexity index is 954. The molecule has 9 heteroatoms. The second kappa shape index (κ2) is 11.0. The minimum atomic E-state index is -2.94. The fraction of sp³-hybridized carbons (Fsp3) is 0.350. The normalized spacial score (nSPS) is 11.0. The lowest BCUT2D eigenvalue weighted by Crippen LogP contribution is -2.15. The zero-order chi connectivity index (χ0) is 22.2. The molecular formula is C20H28FN3O3S2. The van der Waals surface area contributed by atoms with Gasteiger partial charge in [-0.3, -0.25) is 4.79 Å². The Morgan fingerprint density at radius 3 is 2.34 bits per heavy atom. The topological polar surface area (TPSA) is 78.5 Å². The van der Waals surface area contributed by atoms with E-state index in [4.69, 9.17) is 0 Å². The summed E-state index contributed by atoms with van der Waals surface area (Å²) in [4.78, 5) is 13.1. The third-order valence-electron chi connectivity index (χ3n) is 3.99. The van der Waals surface area contributed by atoms with Crippen LogP contribution in [0.2, 0.25) is 0 Å². The fourth-order valence-corrected chi connectivity index (χ4v) is 4.12. The Kier molecular flexibility index (Phi) is 9.32. The summed E-state index contributed by atoms with van der Waals surface area (Å²) in [7, 11) is 4.02. The van der Waals surface area contributed by atoms with Gasteiger partial charge in [-0.25, -0.2) is 12.8 Å². The highest BCUT2D eigenvalue weighted by atomic mass is 32.2. The highest BCUT2D eigenvalue weighted by Gasteiger charge is 2.16. The maximum absolute atomic E-state index is 14.6. The predicted octanol–water partition coefficient (Wildman–Crippen LogP) is 3.41. The van der Waals surface area contributed by atoms with Crippen LogP contribution in [-0.2, 0) is 21.1 Å². The fourth-order valence-electron chi connectivity index (χ4n) is 2.48. The Hall–Kier alpha value is -2.39. The number of thiophene rings is 1. The standard InChI is InChI=1S/C15H22FN3O.C5H6O2S2/c1-6-10-9-12(19(4)5)15(18-3)14(16)11(10)7-8-13(20)17-2;1-9(6,7)5-3-2-4-8-5/h7-9,18H,6H2,1-5H3,(H,17,20);2-4H,1H3/b8-7+;. The first kappa shape index (κ1) is 24.6. The zero-order valence-corrected chi connectivity index (χ0v) is 19.2. The molecule has 2 aromatic rings. The number of halogens is 1. The van der Waals surface area contributed by atoms with Crippen LogP contribution in [0.15, 0.2) is 33.9 Å². The average Bonchev–Trinajstić information content (AvgIpc) is 3.21. The number of aryl methyl sites for hydroxylation is 1. The van der Waals surface area contributed by atoms with E-state index in [2.05, 4.69) is 10.6 Å². The number of rotatable bonds is 6. The van der Waals surface area contributed by atoms with Crippen LogP contribution in [0.1, 0.15) is 18.1 Å². The van der Waals surface area contributed by atoms with Gasteiger partial charge in [-0.2, -0.15) is 0 Å². The molecule has 1 aromatic carbocycles. The van der Waals surface area contributed by atoms with Crippen molar-refractivity contribution in [3.8, 4) is 0 Å². The summed E-state index contributed by atoms with van der Waals surface area (Å²) in [5.41, 5.74) is 2.54. The van der Waals surface area contributed by atoms with Crippen molar-refractivity contribution in [2.24, 2.45) is 0 Å². The summed E-state index contributed by atoms with van der Waals surface area (Å²) in [5.74, 6) is -0.593. The number of nitrogens with zero attached hydrogens (tertiary/aromatic N) is 1. The van der Waals surface area contributed by atoms with Crippen molar-refractivity contribution < 1.29 is 17.6 Å². The molecule has 1 heterocycles. The summed E-state index contributed by atoms with van der Waals surface area (Å²) in [5, 5.41) is 7.11. The van der Waals surface area contributed by atoms with Crippen molar-refractivity contribution in [1.29, 1.82) is 0 Å². The van der Waals surface area contributed by atoms with E-state index in [0.29, 0.717) is 21.9 Å². The minimum absolute atomic E-state index is 0.255. The molecule has 160 valence electrons. The van der Waals surface area contributed by atoms with Crippen LogP contribution in [0.3, 0.4) is 0 Å². The third kappa shape index (κ3) is 6.86. The number of amides is 1. The maximum atomic E-state index is 14.6. The van der Waals surface area contributed by atoms with Gasteiger partial charge in [0.15, 0.2) is 15.7 Å². The van der Waals surface area contributed by atoms with Gasteiger partial charge in [-0.05, 0) is 35.6 Å². The van der Waals surface area contributed by atoms with Crippen LogP contribution in [0.5, 0.6) is 0 Å². The molecule has 1 aromatic heterocycles. The molecule has 1 amide bonds. The van der Waals surface area contributed by atoms with Crippen LogP contribution in [-0.4, -0.2) is 48.8 Å². The van der Waals surface area contributed by atoms with E-state index in [-0.39, 0.29) is 11.7 Å². The van der Waals surface area contributed by atoms with Crippen molar-refractivity contribution in [2.75, 3.05) is 44.7 Å². The number of carbonyl (C=O) groups excluding carboxylic acids is 1. The molecular weight excluding hydrogens is 413 g/mol. The molecule has 0 fully saturated rings. The predicted molar refractivity (Wildman–Crippen MR) is 120 cm³/mol. The molecule has 0 aliphatic heterocycles. The first-order valence-electron chi connectivity index (χ1n) is 8.90. The van der Waals surface area contributed by atoms with E-state index < -0.39 is 9.84 Å². The van der Waals surface area contributed by atoms with Crippen LogP contribution in [0.4, 0.5) is 15.8 Å². The van der Waals surface area contributed by atoms with Crippen molar-refractivity contribution in [3.05, 3.63) is 46.6 Å². The largest absolute Gasteiger partial charge is 0.384 e. The Labute approximate surface area is 176 Å². The molecule has 0 radical (unpaired) electrons. The van der Waals surface area contributed by atoms with Gasteiger partial charge >= 0.3 is 0 Å². The molecule has 0 unspecified atom stereocenters. The highest BCUT2D eigenvalue weighted by Crippen LogP contribution is 2.33. The number of likely N-dealkylation sites (N-methyl/N-ethyl adjacent to an activating group) is 1. The number of sulfone groups is 1. The number of benzene rings is 1. The summed E-state index contributed by atoms with van der Waals surface area (Å²) in [6.07, 6.45) is 4.76. The first-order valence-corrected chi connectivity index (χ1v) is 11.7. The zero-order valence-electron chi connectivity index (χ0n) is 17.5. The van der Waals surface area contributed by atoms with Gasteiger partial charge in [0, 0.05) is 46.1 Å². The van der Waals surface area contributed by atoms with E-state index in [1.54, 1.807) is 24.6 Å². The van der Waals surface area contributed by atoms with Gasteiger partial charge in [-0.1, -0.05) is 13.0 Å². The summed E-state index contributed by atoms with van der Waals surface area (Å²) >= 11 is 1.24. The van der Waals surface area contributed by atoms with Gasteiger partial charge in [-0.15, -0.1) is 11.3 Å². The quantitative estimate of drug-likeness (QED) is 0.672. The van der Waals surface area contributed by atoms with Gasteiger partial charge in [0.05, 0.1) is 11.4 Å². The Balaban J connectivity index is 0.000000387. The SMILES string of the molecule is CCc1cc(N(C)C)c(NC)c(F)c1/C=C/C(=O)NC.CS(=O)(=O)c1cccs1. The number of hydrogen-bond donors (Lipinski definition) is 2. The molecule has 0 atom stereocenters. The molecule has 29 heavy (non-hydrogen) atoms. The lowest BCUT2D eigenvalue weighted by Gasteiger charge is -2.21. The van der Waals surface area contributed by atoms with Crippen molar-refractivity contribution in [3.63, 3.8) is 0 Å². The van der Waals surface area contributed by atoms with E-state index >= 15 is 0 Å². The van der Waals surface area contributed by atoms with Crippen LogP contribution in [0.25, 0.3) is 6.08 Å². The van der Waals surface area contributed by atoms with Crippen molar-refractivity contribution in [1.82, 2.24) is 5.32 Å². The minimum Gasteiger partial charge on any atom is -0.384 e. The molecule has 0 bridgehead atoms. The van der Waals surface area contributed by atoms with Crippen LogP contribution < -0.4 is 15.5 Å². The number of nitrogens with one attached hydrogen (secondary N) is 2. The highest BCUT2D eigenvalue weighted by molar-refractivity contribution is 7.92. The number of carbonyl (C=O) groups is 1. The smallest absolute Gasteiger partial charge is 0.243 e. The van der Waals surface area contributed by atoms with E-state index in [0.717, 1.165) is 11.3 Å². The van der Waals surface area contributed by atoms with Gasteiger partial charge in [0.1, 0.15) is 4.21 Å². The van der Waals surface area contributed by atoms with Gasteiger partial charge < -0.3 is 15.5 Å². The molecule has 0 aliphatic rings. The molecule has 2 rings (SSSR count). The lowest BCUT2D eigenvalue weighted by molar-refractivity contribution is -0.115. The summed E-state index contributed by atoms with van der Waals surface area (Å²) in [6, 6.07) is 5.26. The monoisotopic (exact) mass is 441 g/mol. The maximum Gasteiger partial charge on any atom is 0.243 e. The lowest BCUT2D eigenvalue weighted by atomic mass is 10.0. The Morgan fingerprint density at radius 2 is 1.97 bits per heavy atom. The van der Waals surface area contributed by atoms with Crippen LogP contribution in [0, 0.1) is 5.82 Å². The molecule has 0 saturated heterocycles. The van der Waals surface area contributed by atoms with E-state index in [1.807, 2.05) is 32.0 Å². The van der Waals surface area contributed by atoms with Crippen molar-refractivity contribution >= 4 is 44.5 Å². The first-order chi connectivity index (χ1) is 13.6. The van der Waals surface area contributed by atoms with E-state index in [1.165, 1.54) is 36.8 Å². The molecule has 6 nitrogen and oxygen atoms in total. The molecule has 0 saturated carbocycles. The van der Waals surface area contributed by atoms with Crippen LogP contribution >= 0.6 is 11.3 Å². The molecule has 0 aliphatic carbocycles. The second-order valence-corrected chi connectivity index (χ2v) is 9.50. The number of hydrogen-bond acceptors (Lipinski definition) is 6.